The van der Waals surface area contributed by atoms with Crippen molar-refractivity contribution in [3.05, 3.63) is 12.0 Å². The van der Waals surface area contributed by atoms with E-state index in [1.165, 1.54) is 6.20 Å². The van der Waals surface area contributed by atoms with Crippen LogP contribution in [0.2, 0.25) is 0 Å². The van der Waals surface area contributed by atoms with Crippen molar-refractivity contribution in [1.29, 1.82) is 0 Å². The summed E-state index contributed by atoms with van der Waals surface area (Å²) in [7, 11) is 2.11. The third kappa shape index (κ3) is 4.02. The summed E-state index contributed by atoms with van der Waals surface area (Å²) in [6.07, 6.45) is 4.23. The number of halogens is 1. The number of hydrogen-bond donors (Lipinski definition) is 2. The number of anilines is 2. The Hall–Kier alpha value is -1.43. The maximum atomic E-state index is 13.7. The van der Waals surface area contributed by atoms with Gasteiger partial charge in [0.15, 0.2) is 11.6 Å². The molecular weight excluding hydrogens is 245 g/mol. The molecule has 0 bridgehead atoms. The molecule has 0 aliphatic carbocycles. The van der Waals surface area contributed by atoms with Crippen LogP contribution in [-0.2, 0) is 0 Å². The van der Waals surface area contributed by atoms with Crippen LogP contribution in [0.5, 0.6) is 0 Å². The molecule has 0 aromatic carbocycles. The summed E-state index contributed by atoms with van der Waals surface area (Å²) in [6.45, 7) is 4.92. The first-order chi connectivity index (χ1) is 9.19. The molecule has 6 heteroatoms. The summed E-state index contributed by atoms with van der Waals surface area (Å²) in [5.74, 6) is 0.405. The van der Waals surface area contributed by atoms with E-state index in [9.17, 15) is 4.39 Å². The predicted octanol–water partition coefficient (Wildman–Crippen LogP) is 1.94. The van der Waals surface area contributed by atoms with Gasteiger partial charge in [-0.2, -0.15) is 4.98 Å². The molecule has 0 spiro atoms. The van der Waals surface area contributed by atoms with Crippen LogP contribution < -0.4 is 10.6 Å². The van der Waals surface area contributed by atoms with E-state index in [0.717, 1.165) is 38.9 Å². The SMILES string of the molecule is CCCNc1ncc(F)c(NC2CCN(C)CC2)n1. The minimum absolute atomic E-state index is 0.291. The Morgan fingerprint density at radius 2 is 2.16 bits per heavy atom. The van der Waals surface area contributed by atoms with Crippen LogP contribution in [-0.4, -0.2) is 47.6 Å². The lowest BCUT2D eigenvalue weighted by Gasteiger charge is -2.29. The van der Waals surface area contributed by atoms with E-state index in [0.29, 0.717) is 17.8 Å². The lowest BCUT2D eigenvalue weighted by Crippen LogP contribution is -2.37. The van der Waals surface area contributed by atoms with Crippen LogP contribution in [0.3, 0.4) is 0 Å². The van der Waals surface area contributed by atoms with Gasteiger partial charge in [0.2, 0.25) is 5.95 Å². The molecule has 1 fully saturated rings. The Bertz CT molecular complexity index is 404. The number of hydrogen-bond acceptors (Lipinski definition) is 5. The molecule has 1 aliphatic rings. The van der Waals surface area contributed by atoms with E-state index in [1.54, 1.807) is 0 Å². The Morgan fingerprint density at radius 3 is 2.84 bits per heavy atom. The van der Waals surface area contributed by atoms with E-state index < -0.39 is 0 Å². The molecule has 1 saturated heterocycles. The molecule has 2 N–H and O–H groups in total. The molecule has 0 radical (unpaired) electrons. The zero-order chi connectivity index (χ0) is 13.7. The minimum atomic E-state index is -0.388. The van der Waals surface area contributed by atoms with E-state index in [-0.39, 0.29) is 5.82 Å². The average molecular weight is 267 g/mol. The van der Waals surface area contributed by atoms with E-state index in [4.69, 9.17) is 0 Å². The van der Waals surface area contributed by atoms with Gasteiger partial charge in [-0.05, 0) is 39.4 Å². The van der Waals surface area contributed by atoms with Gasteiger partial charge in [-0.1, -0.05) is 6.92 Å². The third-order valence-electron chi connectivity index (χ3n) is 3.34. The van der Waals surface area contributed by atoms with Crippen molar-refractivity contribution in [1.82, 2.24) is 14.9 Å². The molecule has 19 heavy (non-hydrogen) atoms. The highest BCUT2D eigenvalue weighted by molar-refractivity contribution is 5.41. The van der Waals surface area contributed by atoms with E-state index >= 15 is 0 Å². The summed E-state index contributed by atoms with van der Waals surface area (Å²) < 4.78 is 13.7. The van der Waals surface area contributed by atoms with Crippen LogP contribution in [0.25, 0.3) is 0 Å². The zero-order valence-electron chi connectivity index (χ0n) is 11.6. The van der Waals surface area contributed by atoms with Crippen molar-refractivity contribution in [2.75, 3.05) is 37.3 Å². The Morgan fingerprint density at radius 1 is 1.42 bits per heavy atom. The zero-order valence-corrected chi connectivity index (χ0v) is 11.6. The van der Waals surface area contributed by atoms with Crippen molar-refractivity contribution >= 4 is 11.8 Å². The summed E-state index contributed by atoms with van der Waals surface area (Å²) in [6, 6.07) is 0.291. The van der Waals surface area contributed by atoms with Crippen molar-refractivity contribution < 1.29 is 4.39 Å². The molecule has 0 unspecified atom stereocenters. The monoisotopic (exact) mass is 267 g/mol. The summed E-state index contributed by atoms with van der Waals surface area (Å²) >= 11 is 0. The first-order valence-corrected chi connectivity index (χ1v) is 6.90. The minimum Gasteiger partial charge on any atom is -0.365 e. The Balaban J connectivity index is 1.98. The summed E-state index contributed by atoms with van der Waals surface area (Å²) in [4.78, 5) is 10.4. The van der Waals surface area contributed by atoms with Gasteiger partial charge in [0, 0.05) is 12.6 Å². The molecule has 0 amide bonds. The first kappa shape index (κ1) is 14.0. The number of piperidine rings is 1. The molecule has 2 rings (SSSR count). The van der Waals surface area contributed by atoms with Crippen LogP contribution in [0, 0.1) is 5.82 Å². The van der Waals surface area contributed by atoms with Gasteiger partial charge in [-0.3, -0.25) is 0 Å². The van der Waals surface area contributed by atoms with Crippen LogP contribution in [0.4, 0.5) is 16.2 Å². The van der Waals surface area contributed by atoms with Gasteiger partial charge in [-0.15, -0.1) is 0 Å². The second-order valence-electron chi connectivity index (χ2n) is 5.04. The second-order valence-corrected chi connectivity index (χ2v) is 5.04. The number of nitrogens with zero attached hydrogens (tertiary/aromatic N) is 3. The van der Waals surface area contributed by atoms with Crippen molar-refractivity contribution in [3.63, 3.8) is 0 Å². The smallest absolute Gasteiger partial charge is 0.224 e. The fourth-order valence-corrected chi connectivity index (χ4v) is 2.14. The summed E-state index contributed by atoms with van der Waals surface area (Å²) in [5, 5.41) is 6.26. The van der Waals surface area contributed by atoms with Crippen LogP contribution >= 0.6 is 0 Å². The molecule has 2 heterocycles. The van der Waals surface area contributed by atoms with Crippen molar-refractivity contribution in [3.8, 4) is 0 Å². The van der Waals surface area contributed by atoms with Crippen LogP contribution in [0.1, 0.15) is 26.2 Å². The Labute approximate surface area is 113 Å². The van der Waals surface area contributed by atoms with Gasteiger partial charge >= 0.3 is 0 Å². The standard InChI is InChI=1S/C13H22FN5/c1-3-6-15-13-16-9-11(14)12(18-13)17-10-4-7-19(2)8-5-10/h9-10H,3-8H2,1-2H3,(H2,15,16,17,18). The van der Waals surface area contributed by atoms with Crippen LogP contribution in [0.15, 0.2) is 6.20 Å². The maximum absolute atomic E-state index is 13.7. The van der Waals surface area contributed by atoms with Crippen molar-refractivity contribution in [2.24, 2.45) is 0 Å². The fraction of sp³-hybridized carbons (Fsp3) is 0.692. The molecule has 0 saturated carbocycles. The topological polar surface area (TPSA) is 53.1 Å². The normalized spacial score (nSPS) is 17.4. The molecule has 0 atom stereocenters. The highest BCUT2D eigenvalue weighted by atomic mass is 19.1. The fourth-order valence-electron chi connectivity index (χ4n) is 2.14. The molecule has 5 nitrogen and oxygen atoms in total. The number of nitrogens with one attached hydrogen (secondary N) is 2. The quantitative estimate of drug-likeness (QED) is 0.854. The Kier molecular flexibility index (Phi) is 4.90. The van der Waals surface area contributed by atoms with Gasteiger partial charge in [0.25, 0.3) is 0 Å². The van der Waals surface area contributed by atoms with Gasteiger partial charge in [0.1, 0.15) is 0 Å². The highest BCUT2D eigenvalue weighted by Gasteiger charge is 2.18. The van der Waals surface area contributed by atoms with Gasteiger partial charge in [-0.25, -0.2) is 9.37 Å². The number of aromatic nitrogens is 2. The number of likely N-dealkylation sites (tertiary alicyclic amines) is 1. The maximum Gasteiger partial charge on any atom is 0.224 e. The second kappa shape index (κ2) is 6.65. The van der Waals surface area contributed by atoms with Gasteiger partial charge in [0.05, 0.1) is 6.20 Å². The highest BCUT2D eigenvalue weighted by Crippen LogP contribution is 2.17. The van der Waals surface area contributed by atoms with Gasteiger partial charge < -0.3 is 15.5 Å². The number of rotatable bonds is 5. The first-order valence-electron chi connectivity index (χ1n) is 6.90. The van der Waals surface area contributed by atoms with E-state index in [2.05, 4.69) is 39.5 Å². The largest absolute Gasteiger partial charge is 0.365 e. The summed E-state index contributed by atoms with van der Waals surface area (Å²) in [5.41, 5.74) is 0. The average Bonchev–Trinajstić information content (AvgIpc) is 2.42. The molecule has 1 aliphatic heterocycles. The molecule has 106 valence electrons. The lowest BCUT2D eigenvalue weighted by molar-refractivity contribution is 0.263. The van der Waals surface area contributed by atoms with E-state index in [1.807, 2.05) is 0 Å². The molecule has 1 aromatic rings. The van der Waals surface area contributed by atoms with Crippen molar-refractivity contribution in [2.45, 2.75) is 32.2 Å². The third-order valence-corrected chi connectivity index (χ3v) is 3.34. The molecule has 1 aromatic heterocycles. The predicted molar refractivity (Wildman–Crippen MR) is 74.9 cm³/mol. The molecular formula is C13H22FN5. The lowest BCUT2D eigenvalue weighted by atomic mass is 10.1.